The normalized spacial score (nSPS) is 14.5. The molecule has 0 unspecified atom stereocenters. The molecule has 1 heterocycles. The zero-order valence-electron chi connectivity index (χ0n) is 19.3. The maximum atomic E-state index is 13.2. The van der Waals surface area contributed by atoms with Crippen molar-refractivity contribution in [3.05, 3.63) is 53.6 Å². The number of benzene rings is 2. The first-order valence-corrected chi connectivity index (χ1v) is 12.6. The molecular weight excluding hydrogens is 442 g/mol. The summed E-state index contributed by atoms with van der Waals surface area (Å²) in [4.78, 5) is 27.8. The number of carbonyl (C=O) groups excluding carboxylic acids is 2. The van der Waals surface area contributed by atoms with Crippen LogP contribution in [0.15, 0.2) is 47.4 Å². The number of hydrogen-bond donors (Lipinski definition) is 1. The number of nitrogens with one attached hydrogen (secondary N) is 1. The van der Waals surface area contributed by atoms with Crippen LogP contribution in [0.2, 0.25) is 0 Å². The second-order valence-corrected chi connectivity index (χ2v) is 9.74. The van der Waals surface area contributed by atoms with Crippen LogP contribution in [0.4, 0.5) is 5.69 Å². The Morgan fingerprint density at radius 3 is 2.30 bits per heavy atom. The largest absolute Gasteiger partial charge is 0.496 e. The molecule has 1 aliphatic heterocycles. The summed E-state index contributed by atoms with van der Waals surface area (Å²) in [5, 5.41) is 2.77. The number of para-hydroxylation sites is 1. The Morgan fingerprint density at radius 2 is 1.67 bits per heavy atom. The molecule has 0 spiro atoms. The van der Waals surface area contributed by atoms with Crippen LogP contribution in [0.25, 0.3) is 0 Å². The van der Waals surface area contributed by atoms with Gasteiger partial charge in [-0.1, -0.05) is 18.6 Å². The molecule has 0 aliphatic carbocycles. The second kappa shape index (κ2) is 10.8. The highest BCUT2D eigenvalue weighted by molar-refractivity contribution is 7.89. The Kier molecular flexibility index (Phi) is 8.10. The van der Waals surface area contributed by atoms with E-state index >= 15 is 0 Å². The first-order valence-electron chi connectivity index (χ1n) is 11.2. The molecular formula is C24H31N3O5S. The Bertz CT molecular complexity index is 1110. The van der Waals surface area contributed by atoms with E-state index in [0.29, 0.717) is 37.4 Å². The van der Waals surface area contributed by atoms with E-state index < -0.39 is 15.9 Å². The molecule has 8 nitrogen and oxygen atoms in total. The van der Waals surface area contributed by atoms with Crippen molar-refractivity contribution < 1.29 is 22.7 Å². The highest BCUT2D eigenvalue weighted by Crippen LogP contribution is 2.28. The maximum absolute atomic E-state index is 13.2. The summed E-state index contributed by atoms with van der Waals surface area (Å²) >= 11 is 0. The lowest BCUT2D eigenvalue weighted by molar-refractivity contribution is 0.0774. The summed E-state index contributed by atoms with van der Waals surface area (Å²) in [5.74, 6) is -0.496. The quantitative estimate of drug-likeness (QED) is 0.632. The lowest BCUT2D eigenvalue weighted by Gasteiger charge is -2.26. The Hall–Kier alpha value is -2.91. The van der Waals surface area contributed by atoms with Gasteiger partial charge in [0, 0.05) is 26.2 Å². The molecule has 9 heteroatoms. The Morgan fingerprint density at radius 1 is 1.00 bits per heavy atom. The van der Waals surface area contributed by atoms with Crippen molar-refractivity contribution in [3.8, 4) is 5.75 Å². The monoisotopic (exact) mass is 473 g/mol. The molecule has 2 aromatic rings. The van der Waals surface area contributed by atoms with Crippen molar-refractivity contribution in [1.29, 1.82) is 0 Å². The zero-order valence-corrected chi connectivity index (χ0v) is 20.2. The third-order valence-corrected chi connectivity index (χ3v) is 7.72. The number of hydrogen-bond acceptors (Lipinski definition) is 5. The van der Waals surface area contributed by atoms with E-state index in [-0.39, 0.29) is 22.1 Å². The number of sulfonamides is 1. The van der Waals surface area contributed by atoms with E-state index in [0.717, 1.165) is 19.3 Å². The molecule has 0 aromatic heterocycles. The van der Waals surface area contributed by atoms with E-state index in [1.54, 1.807) is 29.2 Å². The minimum atomic E-state index is -3.72. The first kappa shape index (κ1) is 24.7. The third kappa shape index (κ3) is 5.36. The topological polar surface area (TPSA) is 96.0 Å². The van der Waals surface area contributed by atoms with Crippen molar-refractivity contribution in [1.82, 2.24) is 9.21 Å². The van der Waals surface area contributed by atoms with E-state index in [9.17, 15) is 18.0 Å². The minimum absolute atomic E-state index is 0.0443. The fourth-order valence-corrected chi connectivity index (χ4v) is 5.47. The molecule has 3 rings (SSSR count). The van der Waals surface area contributed by atoms with Gasteiger partial charge in [0.25, 0.3) is 11.8 Å². The van der Waals surface area contributed by atoms with Gasteiger partial charge in [-0.3, -0.25) is 9.59 Å². The molecule has 2 aromatic carbocycles. The molecule has 0 radical (unpaired) electrons. The molecule has 1 aliphatic rings. The van der Waals surface area contributed by atoms with E-state index in [4.69, 9.17) is 4.74 Å². The highest BCUT2D eigenvalue weighted by atomic mass is 32.2. The van der Waals surface area contributed by atoms with Gasteiger partial charge in [-0.25, -0.2) is 8.42 Å². The summed E-state index contributed by atoms with van der Waals surface area (Å²) in [6.07, 6.45) is 2.65. The number of carbonyl (C=O) groups is 2. The van der Waals surface area contributed by atoms with Gasteiger partial charge in [-0.05, 0) is 57.0 Å². The van der Waals surface area contributed by atoms with Crippen LogP contribution in [-0.2, 0) is 10.0 Å². The van der Waals surface area contributed by atoms with Gasteiger partial charge in [0.15, 0.2) is 0 Å². The first-order chi connectivity index (χ1) is 15.8. The fourth-order valence-electron chi connectivity index (χ4n) is 3.93. The standard InChI is InChI=1S/C24H31N3O5S/c1-4-26(5-2)24(29)19-11-7-8-12-21(19)25-23(28)20-17-18(13-14-22(20)32-3)33(30,31)27-15-9-6-10-16-27/h7-8,11-14,17H,4-6,9-10,15-16H2,1-3H3,(H,25,28). The summed E-state index contributed by atoms with van der Waals surface area (Å²) < 4.78 is 33.0. The number of anilines is 1. The van der Waals surface area contributed by atoms with E-state index in [2.05, 4.69) is 5.32 Å². The number of methoxy groups -OCH3 is 1. The van der Waals surface area contributed by atoms with Crippen molar-refractivity contribution >= 4 is 27.5 Å². The summed E-state index contributed by atoms with van der Waals surface area (Å²) in [5.41, 5.74) is 0.803. The molecule has 1 N–H and O–H groups in total. The zero-order chi connectivity index (χ0) is 24.0. The average Bonchev–Trinajstić information content (AvgIpc) is 2.85. The molecule has 0 atom stereocenters. The maximum Gasteiger partial charge on any atom is 0.259 e. The molecule has 178 valence electrons. The van der Waals surface area contributed by atoms with Gasteiger partial charge >= 0.3 is 0 Å². The van der Waals surface area contributed by atoms with Crippen LogP contribution in [0, 0.1) is 0 Å². The van der Waals surface area contributed by atoms with Crippen molar-refractivity contribution in [3.63, 3.8) is 0 Å². The summed E-state index contributed by atoms with van der Waals surface area (Å²) in [6, 6.07) is 11.0. The Balaban J connectivity index is 1.94. The van der Waals surface area contributed by atoms with Crippen LogP contribution < -0.4 is 10.1 Å². The average molecular weight is 474 g/mol. The highest BCUT2D eigenvalue weighted by Gasteiger charge is 2.28. The van der Waals surface area contributed by atoms with Gasteiger partial charge in [-0.2, -0.15) is 4.31 Å². The van der Waals surface area contributed by atoms with Crippen LogP contribution in [0.3, 0.4) is 0 Å². The molecule has 33 heavy (non-hydrogen) atoms. The molecule has 2 amide bonds. The van der Waals surface area contributed by atoms with Gasteiger partial charge < -0.3 is 15.0 Å². The summed E-state index contributed by atoms with van der Waals surface area (Å²) in [7, 11) is -2.30. The van der Waals surface area contributed by atoms with Crippen molar-refractivity contribution in [2.75, 3.05) is 38.6 Å². The summed E-state index contributed by atoms with van der Waals surface area (Å²) in [6.45, 7) is 5.81. The van der Waals surface area contributed by atoms with E-state index in [1.807, 2.05) is 13.8 Å². The number of ether oxygens (including phenoxy) is 1. The molecule has 0 bridgehead atoms. The predicted octanol–water partition coefficient (Wildman–Crippen LogP) is 3.60. The van der Waals surface area contributed by atoms with Gasteiger partial charge in [0.1, 0.15) is 5.75 Å². The van der Waals surface area contributed by atoms with Crippen LogP contribution in [-0.4, -0.2) is 62.7 Å². The lowest BCUT2D eigenvalue weighted by Crippen LogP contribution is -2.35. The third-order valence-electron chi connectivity index (χ3n) is 5.82. The number of rotatable bonds is 8. The van der Waals surface area contributed by atoms with Gasteiger partial charge in [-0.15, -0.1) is 0 Å². The second-order valence-electron chi connectivity index (χ2n) is 7.80. The number of amides is 2. The number of piperidine rings is 1. The SMILES string of the molecule is CCN(CC)C(=O)c1ccccc1NC(=O)c1cc(S(=O)(=O)N2CCCCC2)ccc1OC. The number of nitrogens with zero attached hydrogens (tertiary/aromatic N) is 2. The molecule has 0 saturated carbocycles. The fraction of sp³-hybridized carbons (Fsp3) is 0.417. The molecule has 1 saturated heterocycles. The van der Waals surface area contributed by atoms with Crippen LogP contribution in [0.1, 0.15) is 53.8 Å². The predicted molar refractivity (Wildman–Crippen MR) is 127 cm³/mol. The smallest absolute Gasteiger partial charge is 0.259 e. The van der Waals surface area contributed by atoms with Crippen molar-refractivity contribution in [2.45, 2.75) is 38.0 Å². The van der Waals surface area contributed by atoms with Gasteiger partial charge in [0.05, 0.1) is 28.8 Å². The minimum Gasteiger partial charge on any atom is -0.496 e. The lowest BCUT2D eigenvalue weighted by atomic mass is 10.1. The van der Waals surface area contributed by atoms with Gasteiger partial charge in [0.2, 0.25) is 10.0 Å². The molecule has 1 fully saturated rings. The Labute approximate surface area is 195 Å². The van der Waals surface area contributed by atoms with Crippen molar-refractivity contribution in [2.24, 2.45) is 0 Å². The van der Waals surface area contributed by atoms with Crippen LogP contribution >= 0.6 is 0 Å². The van der Waals surface area contributed by atoms with E-state index in [1.165, 1.54) is 29.6 Å². The van der Waals surface area contributed by atoms with Crippen LogP contribution in [0.5, 0.6) is 5.75 Å².